The Kier molecular flexibility index (Phi) is 17.0. The molecule has 39 heavy (non-hydrogen) atoms. The maximum Gasteiger partial charge on any atom is 0.127 e. The Morgan fingerprint density at radius 2 is 1.74 bits per heavy atom. The van der Waals surface area contributed by atoms with E-state index in [2.05, 4.69) is 43.8 Å². The summed E-state index contributed by atoms with van der Waals surface area (Å²) < 4.78 is 13.5. The number of aryl methyl sites for hydroxylation is 2. The van der Waals surface area contributed by atoms with Gasteiger partial charge in [-0.25, -0.2) is 4.39 Å². The van der Waals surface area contributed by atoms with Crippen LogP contribution in [0.3, 0.4) is 0 Å². The fourth-order valence-corrected chi connectivity index (χ4v) is 6.08. The number of aldehydes is 1. The number of halogens is 1. The molecule has 2 aromatic carbocycles. The van der Waals surface area contributed by atoms with E-state index < -0.39 is 5.41 Å². The minimum Gasteiger partial charge on any atom is -0.303 e. The number of rotatable bonds is 12. The standard InChI is InChI=1S/C32H41FOS.2C2H6/c1-5-26(20-29-17-18-30(33)19-24(29)2)21-32(4,22-34)23-35-25(3)15-16-28-13-9-10-14-31(28)27-11-7-6-8-12-27;2*1-2/h9-10,13-14,17-20,22,27H,3,5-8,11-12,15-16,21,23H2,1-2,4H3;2*1-2H3/b26-20+;;. The van der Waals surface area contributed by atoms with Crippen molar-refractivity contribution in [3.63, 3.8) is 0 Å². The summed E-state index contributed by atoms with van der Waals surface area (Å²) in [4.78, 5) is 13.3. The maximum absolute atomic E-state index is 13.5. The van der Waals surface area contributed by atoms with Crippen LogP contribution >= 0.6 is 11.8 Å². The molecule has 2 aromatic rings. The molecule has 1 aliphatic carbocycles. The highest BCUT2D eigenvalue weighted by molar-refractivity contribution is 8.03. The van der Waals surface area contributed by atoms with Crippen molar-refractivity contribution < 1.29 is 9.18 Å². The third-order valence-electron chi connectivity index (χ3n) is 7.34. The van der Waals surface area contributed by atoms with Gasteiger partial charge in [0, 0.05) is 11.2 Å². The van der Waals surface area contributed by atoms with E-state index in [1.807, 2.05) is 47.6 Å². The first-order valence-corrected chi connectivity index (χ1v) is 16.1. The van der Waals surface area contributed by atoms with Crippen LogP contribution in [0.25, 0.3) is 6.08 Å². The van der Waals surface area contributed by atoms with E-state index in [1.54, 1.807) is 17.8 Å². The van der Waals surface area contributed by atoms with E-state index in [-0.39, 0.29) is 5.82 Å². The number of benzene rings is 2. The Labute approximate surface area is 243 Å². The molecule has 1 nitrogen and oxygen atoms in total. The third-order valence-corrected chi connectivity index (χ3v) is 8.76. The minimum atomic E-state index is -0.455. The summed E-state index contributed by atoms with van der Waals surface area (Å²) in [5, 5.41) is 0. The number of carbonyl (C=O) groups is 1. The third kappa shape index (κ3) is 11.9. The molecule has 0 N–H and O–H groups in total. The predicted molar refractivity (Wildman–Crippen MR) is 173 cm³/mol. The van der Waals surface area contributed by atoms with Crippen LogP contribution in [0.4, 0.5) is 4.39 Å². The summed E-state index contributed by atoms with van der Waals surface area (Å²) in [6.45, 7) is 18.4. The SMILES string of the molecule is C=C(CCc1ccccc1C1CCCCC1)SCC(C)(C=O)C/C(=C/c1ccc(F)cc1C)CC.CC.CC. The van der Waals surface area contributed by atoms with Crippen LogP contribution in [-0.2, 0) is 11.2 Å². The number of thioether (sulfide) groups is 1. The molecule has 3 rings (SSSR count). The van der Waals surface area contributed by atoms with E-state index in [9.17, 15) is 9.18 Å². The molecule has 1 unspecified atom stereocenters. The molecule has 0 radical (unpaired) electrons. The summed E-state index contributed by atoms with van der Waals surface area (Å²) in [5.41, 5.74) is 5.69. The molecule has 1 saturated carbocycles. The molecule has 216 valence electrons. The molecular formula is C36H53FOS. The lowest BCUT2D eigenvalue weighted by Crippen LogP contribution is -2.22. The summed E-state index contributed by atoms with van der Waals surface area (Å²) >= 11 is 1.73. The van der Waals surface area contributed by atoms with Crippen molar-refractivity contribution in [2.75, 3.05) is 5.75 Å². The van der Waals surface area contributed by atoms with Crippen molar-refractivity contribution in [2.45, 2.75) is 112 Å². The molecule has 1 fully saturated rings. The minimum absolute atomic E-state index is 0.216. The Morgan fingerprint density at radius 3 is 2.36 bits per heavy atom. The molecule has 1 aliphatic rings. The zero-order chi connectivity index (χ0) is 29.3. The van der Waals surface area contributed by atoms with Crippen molar-refractivity contribution in [1.82, 2.24) is 0 Å². The van der Waals surface area contributed by atoms with Gasteiger partial charge in [-0.15, -0.1) is 11.8 Å². The lowest BCUT2D eigenvalue weighted by Gasteiger charge is -2.25. The summed E-state index contributed by atoms with van der Waals surface area (Å²) in [6, 6.07) is 13.8. The highest BCUT2D eigenvalue weighted by atomic mass is 32.2. The molecule has 0 amide bonds. The van der Waals surface area contributed by atoms with E-state index in [0.29, 0.717) is 12.3 Å². The first-order valence-electron chi connectivity index (χ1n) is 15.1. The van der Waals surface area contributed by atoms with Crippen LogP contribution < -0.4 is 0 Å². The van der Waals surface area contributed by atoms with E-state index in [1.165, 1.54) is 54.9 Å². The normalized spacial score (nSPS) is 15.2. The fourth-order valence-electron chi connectivity index (χ4n) is 5.13. The van der Waals surface area contributed by atoms with E-state index in [4.69, 9.17) is 0 Å². The first-order chi connectivity index (χ1) is 18.8. The Hall–Kier alpha value is -2.13. The summed E-state index contributed by atoms with van der Waals surface area (Å²) in [6.07, 6.45) is 13.4. The van der Waals surface area contributed by atoms with E-state index in [0.717, 1.165) is 47.3 Å². The molecule has 0 saturated heterocycles. The Bertz CT molecular complexity index is 1030. The monoisotopic (exact) mass is 552 g/mol. The zero-order valence-corrected chi connectivity index (χ0v) is 26.6. The van der Waals surface area contributed by atoms with Gasteiger partial charge in [0.1, 0.15) is 12.1 Å². The van der Waals surface area contributed by atoms with Gasteiger partial charge in [0.05, 0.1) is 0 Å². The second-order valence-corrected chi connectivity index (χ2v) is 11.6. The fraction of sp³-hybridized carbons (Fsp3) is 0.528. The van der Waals surface area contributed by atoms with Gasteiger partial charge in [0.2, 0.25) is 0 Å². The van der Waals surface area contributed by atoms with Crippen molar-refractivity contribution in [1.29, 1.82) is 0 Å². The van der Waals surface area contributed by atoms with Crippen LogP contribution in [0.15, 0.2) is 59.5 Å². The lowest BCUT2D eigenvalue weighted by molar-refractivity contribution is -0.114. The van der Waals surface area contributed by atoms with Crippen LogP contribution in [0.1, 0.15) is 121 Å². The van der Waals surface area contributed by atoms with Gasteiger partial charge in [-0.3, -0.25) is 0 Å². The predicted octanol–water partition coefficient (Wildman–Crippen LogP) is 11.5. The molecule has 0 heterocycles. The summed E-state index contributed by atoms with van der Waals surface area (Å²) in [7, 11) is 0. The molecule has 0 bridgehead atoms. The Balaban J connectivity index is 0.00000181. The van der Waals surface area contributed by atoms with Crippen LogP contribution in [0.5, 0.6) is 0 Å². The second kappa shape index (κ2) is 19.0. The van der Waals surface area contributed by atoms with Crippen LogP contribution in [0.2, 0.25) is 0 Å². The molecule has 0 aromatic heterocycles. The van der Waals surface area contributed by atoms with Gasteiger partial charge >= 0.3 is 0 Å². The first kappa shape index (κ1) is 34.9. The molecule has 0 aliphatic heterocycles. The van der Waals surface area contributed by atoms with Crippen molar-refractivity contribution >= 4 is 24.1 Å². The summed E-state index contributed by atoms with van der Waals surface area (Å²) in [5.74, 6) is 1.22. The smallest absolute Gasteiger partial charge is 0.127 e. The van der Waals surface area contributed by atoms with Crippen molar-refractivity contribution in [2.24, 2.45) is 5.41 Å². The highest BCUT2D eigenvalue weighted by Gasteiger charge is 2.25. The highest BCUT2D eigenvalue weighted by Crippen LogP contribution is 2.37. The average Bonchev–Trinajstić information content (AvgIpc) is 2.98. The second-order valence-electron chi connectivity index (χ2n) is 10.5. The molecule has 3 heteroatoms. The maximum atomic E-state index is 13.5. The largest absolute Gasteiger partial charge is 0.303 e. The van der Waals surface area contributed by atoms with Gasteiger partial charge in [-0.05, 0) is 90.7 Å². The number of hydrogen-bond donors (Lipinski definition) is 0. The van der Waals surface area contributed by atoms with E-state index >= 15 is 0 Å². The van der Waals surface area contributed by atoms with Gasteiger partial charge in [-0.1, -0.05) is 109 Å². The topological polar surface area (TPSA) is 17.1 Å². The quantitative estimate of drug-likeness (QED) is 0.244. The van der Waals surface area contributed by atoms with Gasteiger partial charge < -0.3 is 4.79 Å². The number of carbonyl (C=O) groups excluding carboxylic acids is 1. The van der Waals surface area contributed by atoms with Crippen LogP contribution in [-0.4, -0.2) is 12.0 Å². The van der Waals surface area contributed by atoms with Gasteiger partial charge in [0.25, 0.3) is 0 Å². The number of hydrogen-bond acceptors (Lipinski definition) is 2. The average molecular weight is 553 g/mol. The van der Waals surface area contributed by atoms with Gasteiger partial charge in [-0.2, -0.15) is 0 Å². The molecule has 1 atom stereocenters. The molecular weight excluding hydrogens is 499 g/mol. The van der Waals surface area contributed by atoms with Gasteiger partial charge in [0.15, 0.2) is 0 Å². The number of allylic oxidation sites excluding steroid dienone is 2. The lowest BCUT2D eigenvalue weighted by atomic mass is 9.81. The molecule has 0 spiro atoms. The van der Waals surface area contributed by atoms with Crippen molar-refractivity contribution in [3.05, 3.63) is 87.6 Å². The zero-order valence-electron chi connectivity index (χ0n) is 25.7. The van der Waals surface area contributed by atoms with Crippen LogP contribution in [0, 0.1) is 18.2 Å². The Morgan fingerprint density at radius 1 is 1.08 bits per heavy atom. The van der Waals surface area contributed by atoms with Crippen molar-refractivity contribution in [3.8, 4) is 0 Å².